The zero-order valence-corrected chi connectivity index (χ0v) is 13.9. The van der Waals surface area contributed by atoms with Crippen molar-refractivity contribution < 1.29 is 9.53 Å². The molecule has 0 bridgehead atoms. The van der Waals surface area contributed by atoms with Gasteiger partial charge in [0, 0.05) is 17.2 Å². The minimum Gasteiger partial charge on any atom is -0.481 e. The second-order valence-corrected chi connectivity index (χ2v) is 6.52. The highest BCUT2D eigenvalue weighted by atomic mass is 79.9. The standard InChI is InChI=1S/C16H18BrN3O2/c1-11(22-15-4-2-3-13(17)7-15)16(21)19-14-8-18-20(10-14)9-12-5-6-12/h2-4,7-8,10-12H,5-6,9H2,1H3,(H,19,21). The van der Waals surface area contributed by atoms with Crippen molar-refractivity contribution in [1.82, 2.24) is 9.78 Å². The van der Waals surface area contributed by atoms with E-state index >= 15 is 0 Å². The smallest absolute Gasteiger partial charge is 0.265 e. The van der Waals surface area contributed by atoms with Crippen LogP contribution in [0.1, 0.15) is 19.8 Å². The second-order valence-electron chi connectivity index (χ2n) is 5.60. The summed E-state index contributed by atoms with van der Waals surface area (Å²) < 4.78 is 8.44. The number of halogens is 1. The minimum absolute atomic E-state index is 0.189. The summed E-state index contributed by atoms with van der Waals surface area (Å²) in [5, 5.41) is 7.09. The molecule has 5 nitrogen and oxygen atoms in total. The Morgan fingerprint density at radius 2 is 2.36 bits per heavy atom. The van der Waals surface area contributed by atoms with E-state index in [1.807, 2.05) is 35.1 Å². The second kappa shape index (κ2) is 6.52. The quantitative estimate of drug-likeness (QED) is 0.854. The van der Waals surface area contributed by atoms with Gasteiger partial charge in [-0.05, 0) is 43.9 Å². The lowest BCUT2D eigenvalue weighted by Crippen LogP contribution is -2.30. The summed E-state index contributed by atoms with van der Waals surface area (Å²) in [6.45, 7) is 2.66. The molecular formula is C16H18BrN3O2. The number of aromatic nitrogens is 2. The number of amides is 1. The third-order valence-electron chi connectivity index (χ3n) is 3.52. The van der Waals surface area contributed by atoms with Gasteiger partial charge in [-0.2, -0.15) is 5.10 Å². The van der Waals surface area contributed by atoms with Crippen LogP contribution >= 0.6 is 15.9 Å². The molecule has 6 heteroatoms. The van der Waals surface area contributed by atoms with E-state index in [9.17, 15) is 4.79 Å². The van der Waals surface area contributed by atoms with Crippen LogP contribution in [-0.4, -0.2) is 21.8 Å². The Morgan fingerprint density at radius 1 is 1.55 bits per heavy atom. The van der Waals surface area contributed by atoms with Gasteiger partial charge in [0.05, 0.1) is 11.9 Å². The van der Waals surface area contributed by atoms with Crippen molar-refractivity contribution in [3.8, 4) is 5.75 Å². The number of nitrogens with one attached hydrogen (secondary N) is 1. The van der Waals surface area contributed by atoms with Crippen LogP contribution in [0.15, 0.2) is 41.1 Å². The van der Waals surface area contributed by atoms with Gasteiger partial charge in [0.1, 0.15) is 5.75 Å². The molecule has 1 aliphatic carbocycles. The number of anilines is 1. The third-order valence-corrected chi connectivity index (χ3v) is 4.01. The number of rotatable bonds is 6. The van der Waals surface area contributed by atoms with E-state index in [2.05, 4.69) is 26.3 Å². The maximum atomic E-state index is 12.2. The molecule has 1 heterocycles. The topological polar surface area (TPSA) is 56.1 Å². The summed E-state index contributed by atoms with van der Waals surface area (Å²) in [5.41, 5.74) is 0.704. The molecule has 1 aliphatic rings. The van der Waals surface area contributed by atoms with E-state index in [1.54, 1.807) is 13.1 Å². The molecule has 116 valence electrons. The molecule has 1 aromatic carbocycles. The number of nitrogens with zero attached hydrogens (tertiary/aromatic N) is 2. The van der Waals surface area contributed by atoms with Gasteiger partial charge in [-0.1, -0.05) is 22.0 Å². The molecule has 0 radical (unpaired) electrons. The summed E-state index contributed by atoms with van der Waals surface area (Å²) in [6.07, 6.45) is 5.51. The van der Waals surface area contributed by atoms with Crippen molar-refractivity contribution in [2.45, 2.75) is 32.4 Å². The Kier molecular flexibility index (Phi) is 4.47. The summed E-state index contributed by atoms with van der Waals surface area (Å²) in [5.74, 6) is 1.22. The summed E-state index contributed by atoms with van der Waals surface area (Å²) in [7, 11) is 0. The predicted molar refractivity (Wildman–Crippen MR) is 87.8 cm³/mol. The van der Waals surface area contributed by atoms with Crippen LogP contribution in [0, 0.1) is 5.92 Å². The highest BCUT2D eigenvalue weighted by Gasteiger charge is 2.22. The fourth-order valence-electron chi connectivity index (χ4n) is 2.13. The summed E-state index contributed by atoms with van der Waals surface area (Å²) in [6, 6.07) is 7.43. The van der Waals surface area contributed by atoms with Crippen LogP contribution in [0.4, 0.5) is 5.69 Å². The third kappa shape index (κ3) is 4.10. The molecule has 1 fully saturated rings. The van der Waals surface area contributed by atoms with Gasteiger partial charge in [0.15, 0.2) is 6.10 Å². The summed E-state index contributed by atoms with van der Waals surface area (Å²) >= 11 is 3.38. The number of hydrogen-bond donors (Lipinski definition) is 1. The Bertz CT molecular complexity index is 667. The Morgan fingerprint density at radius 3 is 3.09 bits per heavy atom. The van der Waals surface area contributed by atoms with Crippen LogP contribution in [0.3, 0.4) is 0 Å². The molecule has 1 amide bonds. The monoisotopic (exact) mass is 363 g/mol. The molecule has 22 heavy (non-hydrogen) atoms. The molecule has 0 spiro atoms. The molecule has 0 aliphatic heterocycles. The largest absolute Gasteiger partial charge is 0.481 e. The van der Waals surface area contributed by atoms with Crippen molar-refractivity contribution in [2.24, 2.45) is 5.92 Å². The molecular weight excluding hydrogens is 346 g/mol. The van der Waals surface area contributed by atoms with Crippen molar-refractivity contribution in [3.63, 3.8) is 0 Å². The van der Waals surface area contributed by atoms with Crippen molar-refractivity contribution in [2.75, 3.05) is 5.32 Å². The molecule has 2 aromatic rings. The lowest BCUT2D eigenvalue weighted by Gasteiger charge is -2.14. The van der Waals surface area contributed by atoms with Gasteiger partial charge >= 0.3 is 0 Å². The Balaban J connectivity index is 1.55. The molecule has 1 aromatic heterocycles. The first-order valence-electron chi connectivity index (χ1n) is 7.36. The average molecular weight is 364 g/mol. The molecule has 1 atom stereocenters. The van der Waals surface area contributed by atoms with Crippen molar-refractivity contribution in [1.29, 1.82) is 0 Å². The van der Waals surface area contributed by atoms with Gasteiger partial charge in [-0.15, -0.1) is 0 Å². The van der Waals surface area contributed by atoms with Gasteiger partial charge in [0.2, 0.25) is 0 Å². The Hall–Kier alpha value is -1.82. The molecule has 1 N–H and O–H groups in total. The number of ether oxygens (including phenoxy) is 1. The maximum absolute atomic E-state index is 12.2. The fraction of sp³-hybridized carbons (Fsp3) is 0.375. The van der Waals surface area contributed by atoms with Crippen LogP contribution < -0.4 is 10.1 Å². The normalized spacial score (nSPS) is 15.4. The van der Waals surface area contributed by atoms with Gasteiger partial charge in [0.25, 0.3) is 5.91 Å². The lowest BCUT2D eigenvalue weighted by molar-refractivity contribution is -0.122. The van der Waals surface area contributed by atoms with E-state index < -0.39 is 6.10 Å². The average Bonchev–Trinajstić information content (AvgIpc) is 3.18. The summed E-state index contributed by atoms with van der Waals surface area (Å²) in [4.78, 5) is 12.2. The number of hydrogen-bond acceptors (Lipinski definition) is 3. The SMILES string of the molecule is CC(Oc1cccc(Br)c1)C(=O)Nc1cnn(CC2CC2)c1. The maximum Gasteiger partial charge on any atom is 0.265 e. The van der Waals surface area contributed by atoms with Gasteiger partial charge in [-0.3, -0.25) is 9.48 Å². The first-order valence-corrected chi connectivity index (χ1v) is 8.15. The van der Waals surface area contributed by atoms with E-state index in [1.165, 1.54) is 12.8 Å². The first-order chi connectivity index (χ1) is 10.6. The predicted octanol–water partition coefficient (Wildman–Crippen LogP) is 3.46. The van der Waals surface area contributed by atoms with Crippen LogP contribution in [-0.2, 0) is 11.3 Å². The van der Waals surface area contributed by atoms with E-state index in [-0.39, 0.29) is 5.91 Å². The zero-order chi connectivity index (χ0) is 15.5. The van der Waals surface area contributed by atoms with Gasteiger partial charge < -0.3 is 10.1 Å². The van der Waals surface area contributed by atoms with Crippen molar-refractivity contribution >= 4 is 27.5 Å². The molecule has 0 saturated heterocycles. The van der Waals surface area contributed by atoms with Gasteiger partial charge in [-0.25, -0.2) is 0 Å². The zero-order valence-electron chi connectivity index (χ0n) is 12.3. The highest BCUT2D eigenvalue weighted by Crippen LogP contribution is 2.30. The van der Waals surface area contributed by atoms with Crippen LogP contribution in [0.2, 0.25) is 0 Å². The van der Waals surface area contributed by atoms with E-state index in [0.29, 0.717) is 11.4 Å². The van der Waals surface area contributed by atoms with E-state index in [0.717, 1.165) is 16.9 Å². The molecule has 1 unspecified atom stereocenters. The Labute approximate surface area is 137 Å². The van der Waals surface area contributed by atoms with E-state index in [4.69, 9.17) is 4.74 Å². The van der Waals surface area contributed by atoms with Crippen LogP contribution in [0.5, 0.6) is 5.75 Å². The lowest BCUT2D eigenvalue weighted by atomic mass is 10.3. The number of carbonyl (C=O) groups is 1. The number of benzene rings is 1. The first kappa shape index (κ1) is 15.1. The highest BCUT2D eigenvalue weighted by molar-refractivity contribution is 9.10. The molecule has 3 rings (SSSR count). The van der Waals surface area contributed by atoms with Crippen LogP contribution in [0.25, 0.3) is 0 Å². The fourth-order valence-corrected chi connectivity index (χ4v) is 2.51. The number of carbonyl (C=O) groups excluding carboxylic acids is 1. The molecule has 1 saturated carbocycles. The minimum atomic E-state index is -0.582. The van der Waals surface area contributed by atoms with Crippen molar-refractivity contribution in [3.05, 3.63) is 41.1 Å².